The lowest BCUT2D eigenvalue weighted by atomic mass is 10.1. The van der Waals surface area contributed by atoms with Crippen molar-refractivity contribution < 1.29 is 13.2 Å². The third-order valence-electron chi connectivity index (χ3n) is 5.41. The van der Waals surface area contributed by atoms with Crippen LogP contribution in [0.15, 0.2) is 96.0 Å². The molecule has 3 aromatic carbocycles. The Morgan fingerprint density at radius 2 is 1.53 bits per heavy atom. The second-order valence-electron chi connectivity index (χ2n) is 8.04. The number of sulfonamides is 1. The summed E-state index contributed by atoms with van der Waals surface area (Å²) < 4.78 is 29.0. The van der Waals surface area contributed by atoms with Crippen LogP contribution in [0.5, 0.6) is 0 Å². The maximum absolute atomic E-state index is 13.1. The molecule has 0 bridgehead atoms. The standard InChI is InChI=1S/C25H23N5O3S/c31-25(27-26-19-13-15-22(16-14-19)34(32,33)29-20-11-12-20)23-17-30(21-9-5-2-6-10-21)28-24(23)18-7-3-1-4-8-18/h1-10,13-17,20,26,29H,11-12H2,(H,27,31). The fraction of sp³-hybridized carbons (Fsp3) is 0.120. The fourth-order valence-electron chi connectivity index (χ4n) is 3.46. The van der Waals surface area contributed by atoms with Gasteiger partial charge in [0.2, 0.25) is 10.0 Å². The monoisotopic (exact) mass is 473 g/mol. The quantitative estimate of drug-likeness (QED) is 0.338. The molecule has 0 radical (unpaired) electrons. The number of rotatable bonds is 8. The van der Waals surface area contributed by atoms with Crippen molar-refractivity contribution in [1.82, 2.24) is 19.9 Å². The molecule has 4 aromatic rings. The number of nitrogens with one attached hydrogen (secondary N) is 3. The summed E-state index contributed by atoms with van der Waals surface area (Å²) in [5.74, 6) is -0.367. The molecule has 172 valence electrons. The van der Waals surface area contributed by atoms with E-state index in [1.165, 1.54) is 12.1 Å². The van der Waals surface area contributed by atoms with Crippen LogP contribution in [-0.4, -0.2) is 30.1 Å². The summed E-state index contributed by atoms with van der Waals surface area (Å²) in [5, 5.41) is 4.65. The van der Waals surface area contributed by atoms with Gasteiger partial charge in [-0.1, -0.05) is 48.5 Å². The number of benzene rings is 3. The first-order chi connectivity index (χ1) is 16.5. The van der Waals surface area contributed by atoms with Crippen molar-refractivity contribution >= 4 is 21.6 Å². The number of anilines is 1. The molecule has 8 nitrogen and oxygen atoms in total. The van der Waals surface area contributed by atoms with E-state index in [1.54, 1.807) is 23.0 Å². The summed E-state index contributed by atoms with van der Waals surface area (Å²) >= 11 is 0. The summed E-state index contributed by atoms with van der Waals surface area (Å²) in [6, 6.07) is 25.3. The Kier molecular flexibility index (Phi) is 5.87. The summed E-state index contributed by atoms with van der Waals surface area (Å²) in [7, 11) is -3.52. The molecule has 1 saturated carbocycles. The van der Waals surface area contributed by atoms with Crippen molar-refractivity contribution in [3.05, 3.63) is 96.7 Å². The predicted molar refractivity (Wildman–Crippen MR) is 130 cm³/mol. The van der Waals surface area contributed by atoms with Crippen molar-refractivity contribution in [3.8, 4) is 16.9 Å². The average molecular weight is 474 g/mol. The summed E-state index contributed by atoms with van der Waals surface area (Å²) in [4.78, 5) is 13.3. The molecule has 0 unspecified atom stereocenters. The van der Waals surface area contributed by atoms with Gasteiger partial charge in [0.05, 0.1) is 21.8 Å². The molecule has 1 amide bonds. The fourth-order valence-corrected chi connectivity index (χ4v) is 4.77. The molecule has 5 rings (SSSR count). The third-order valence-corrected chi connectivity index (χ3v) is 6.95. The van der Waals surface area contributed by atoms with E-state index in [-0.39, 0.29) is 16.8 Å². The maximum Gasteiger partial charge on any atom is 0.273 e. The highest BCUT2D eigenvalue weighted by molar-refractivity contribution is 7.89. The second kappa shape index (κ2) is 9.12. The molecular formula is C25H23N5O3S. The number of amides is 1. The Morgan fingerprint density at radius 3 is 2.18 bits per heavy atom. The van der Waals surface area contributed by atoms with Gasteiger partial charge in [-0.2, -0.15) is 5.10 Å². The minimum atomic E-state index is -3.52. The topological polar surface area (TPSA) is 105 Å². The van der Waals surface area contributed by atoms with Gasteiger partial charge in [0.25, 0.3) is 5.91 Å². The summed E-state index contributed by atoms with van der Waals surface area (Å²) in [5.41, 5.74) is 8.69. The zero-order chi connectivity index (χ0) is 23.5. The van der Waals surface area contributed by atoms with E-state index >= 15 is 0 Å². The Hall–Kier alpha value is -3.95. The number of para-hydroxylation sites is 1. The Labute approximate surface area is 197 Å². The Morgan fingerprint density at radius 1 is 0.882 bits per heavy atom. The molecule has 1 fully saturated rings. The van der Waals surface area contributed by atoms with Gasteiger partial charge in [-0.05, 0) is 49.2 Å². The normalized spacial score (nSPS) is 13.4. The van der Waals surface area contributed by atoms with E-state index in [4.69, 9.17) is 0 Å². The molecule has 1 aromatic heterocycles. The lowest BCUT2D eigenvalue weighted by molar-refractivity contribution is 0.0963. The SMILES string of the molecule is O=C(NNc1ccc(S(=O)(=O)NC2CC2)cc1)c1cn(-c2ccccc2)nc1-c1ccccc1. The number of nitrogens with zero attached hydrogens (tertiary/aromatic N) is 2. The van der Waals surface area contributed by atoms with Crippen LogP contribution >= 0.6 is 0 Å². The van der Waals surface area contributed by atoms with Crippen molar-refractivity contribution in [2.24, 2.45) is 0 Å². The van der Waals surface area contributed by atoms with Crippen LogP contribution in [0.3, 0.4) is 0 Å². The van der Waals surface area contributed by atoms with Gasteiger partial charge in [-0.15, -0.1) is 0 Å². The molecule has 1 heterocycles. The highest BCUT2D eigenvalue weighted by atomic mass is 32.2. The second-order valence-corrected chi connectivity index (χ2v) is 9.75. The molecule has 3 N–H and O–H groups in total. The molecule has 9 heteroatoms. The van der Waals surface area contributed by atoms with E-state index < -0.39 is 10.0 Å². The zero-order valence-electron chi connectivity index (χ0n) is 18.2. The van der Waals surface area contributed by atoms with Crippen molar-refractivity contribution in [2.75, 3.05) is 5.43 Å². The van der Waals surface area contributed by atoms with Crippen molar-refractivity contribution in [1.29, 1.82) is 0 Å². The maximum atomic E-state index is 13.1. The number of hydrogen-bond donors (Lipinski definition) is 3. The molecule has 1 aliphatic carbocycles. The number of carbonyl (C=O) groups is 1. The smallest absolute Gasteiger partial charge is 0.273 e. The van der Waals surface area contributed by atoms with Crippen LogP contribution in [0.1, 0.15) is 23.2 Å². The predicted octanol–water partition coefficient (Wildman–Crippen LogP) is 3.74. The van der Waals surface area contributed by atoms with Crippen LogP contribution in [0.2, 0.25) is 0 Å². The van der Waals surface area contributed by atoms with Crippen molar-refractivity contribution in [2.45, 2.75) is 23.8 Å². The third kappa shape index (κ3) is 4.85. The number of aromatic nitrogens is 2. The van der Waals surface area contributed by atoms with E-state index in [9.17, 15) is 13.2 Å². The average Bonchev–Trinajstić information content (AvgIpc) is 3.56. The largest absolute Gasteiger partial charge is 0.298 e. The van der Waals surface area contributed by atoms with Gasteiger partial charge < -0.3 is 0 Å². The van der Waals surface area contributed by atoms with Gasteiger partial charge in [-0.25, -0.2) is 17.8 Å². The number of hydrazine groups is 1. The molecule has 0 atom stereocenters. The van der Waals surface area contributed by atoms with Crippen LogP contribution in [0.4, 0.5) is 5.69 Å². The van der Waals surface area contributed by atoms with Crippen molar-refractivity contribution in [3.63, 3.8) is 0 Å². The lowest BCUT2D eigenvalue weighted by Crippen LogP contribution is -2.29. The Balaban J connectivity index is 1.34. The molecule has 0 aliphatic heterocycles. The van der Waals surface area contributed by atoms with Gasteiger partial charge in [-0.3, -0.25) is 15.6 Å². The van der Waals surface area contributed by atoms with E-state index in [2.05, 4.69) is 20.7 Å². The molecule has 34 heavy (non-hydrogen) atoms. The van der Waals surface area contributed by atoms with Crippen LogP contribution in [0, 0.1) is 0 Å². The molecule has 1 aliphatic rings. The Bertz CT molecular complexity index is 1400. The highest BCUT2D eigenvalue weighted by Crippen LogP contribution is 2.24. The molecule has 0 saturated heterocycles. The molecular weight excluding hydrogens is 450 g/mol. The first-order valence-electron chi connectivity index (χ1n) is 10.9. The number of carbonyl (C=O) groups excluding carboxylic acids is 1. The lowest BCUT2D eigenvalue weighted by Gasteiger charge is -2.10. The minimum absolute atomic E-state index is 0.0395. The van der Waals surface area contributed by atoms with Crippen LogP contribution in [-0.2, 0) is 10.0 Å². The van der Waals surface area contributed by atoms with Gasteiger partial charge in [0, 0.05) is 17.8 Å². The van der Waals surface area contributed by atoms with Gasteiger partial charge in [0.15, 0.2) is 0 Å². The zero-order valence-corrected chi connectivity index (χ0v) is 19.0. The van der Waals surface area contributed by atoms with E-state index in [0.717, 1.165) is 24.1 Å². The van der Waals surface area contributed by atoms with Crippen LogP contribution in [0.25, 0.3) is 16.9 Å². The summed E-state index contributed by atoms with van der Waals surface area (Å²) in [6.45, 7) is 0. The van der Waals surface area contributed by atoms with Crippen LogP contribution < -0.4 is 15.6 Å². The van der Waals surface area contributed by atoms with E-state index in [1.807, 2.05) is 60.7 Å². The van der Waals surface area contributed by atoms with E-state index in [0.29, 0.717) is 16.9 Å². The molecule has 0 spiro atoms. The van der Waals surface area contributed by atoms with Gasteiger partial charge in [0.1, 0.15) is 5.69 Å². The first kappa shape index (κ1) is 21.9. The first-order valence-corrected chi connectivity index (χ1v) is 12.4. The number of hydrogen-bond acceptors (Lipinski definition) is 5. The minimum Gasteiger partial charge on any atom is -0.298 e. The van der Waals surface area contributed by atoms with Gasteiger partial charge >= 0.3 is 0 Å². The highest BCUT2D eigenvalue weighted by Gasteiger charge is 2.27. The summed E-state index contributed by atoms with van der Waals surface area (Å²) in [6.07, 6.45) is 3.43.